The lowest BCUT2D eigenvalue weighted by Crippen LogP contribution is -2.43. The first-order valence-electron chi connectivity index (χ1n) is 7.71. The van der Waals surface area contributed by atoms with Crippen molar-refractivity contribution in [1.29, 1.82) is 0 Å². The van der Waals surface area contributed by atoms with Crippen LogP contribution in [0.15, 0.2) is 18.2 Å². The van der Waals surface area contributed by atoms with Crippen LogP contribution in [0.3, 0.4) is 0 Å². The predicted molar refractivity (Wildman–Crippen MR) is 95.4 cm³/mol. The molecule has 0 radical (unpaired) electrons. The fraction of sp³-hybridized carbons (Fsp3) is 0.588. The van der Waals surface area contributed by atoms with Crippen molar-refractivity contribution in [2.45, 2.75) is 52.2 Å². The molecule has 0 unspecified atom stereocenters. The molecule has 22 heavy (non-hydrogen) atoms. The monoisotopic (exact) mass is 417 g/mol. The van der Waals surface area contributed by atoms with Crippen LogP contribution in [0.4, 0.5) is 4.79 Å². The van der Waals surface area contributed by atoms with Gasteiger partial charge in [-0.3, -0.25) is 0 Å². The molecule has 2 rings (SSSR count). The Morgan fingerprint density at radius 2 is 2.18 bits per heavy atom. The number of hydrogen-bond donors (Lipinski definition) is 0. The Kier molecular flexibility index (Phi) is 5.58. The number of hydrogen-bond acceptors (Lipinski definition) is 3. The standard InChI is InChI=1S/C17H24INO3/c1-5-19(16(20)22-17(2,3)4)11-14-8-6-12-10-13(18)7-9-15(12)21-14/h7,9-10,14H,5-6,8,11H2,1-4H3/t14-/m1/s1. The van der Waals surface area contributed by atoms with Gasteiger partial charge in [-0.2, -0.15) is 0 Å². The maximum atomic E-state index is 12.2. The smallest absolute Gasteiger partial charge is 0.410 e. The molecule has 1 aliphatic rings. The molecule has 0 aromatic heterocycles. The van der Waals surface area contributed by atoms with Crippen molar-refractivity contribution in [2.75, 3.05) is 13.1 Å². The fourth-order valence-electron chi connectivity index (χ4n) is 2.45. The SMILES string of the molecule is CCN(C[C@H]1CCc2cc(I)ccc2O1)C(=O)OC(C)(C)C. The van der Waals surface area contributed by atoms with Crippen molar-refractivity contribution in [3.8, 4) is 5.75 Å². The summed E-state index contributed by atoms with van der Waals surface area (Å²) in [7, 11) is 0. The molecule has 4 nitrogen and oxygen atoms in total. The first kappa shape index (κ1) is 17.4. The lowest BCUT2D eigenvalue weighted by molar-refractivity contribution is 0.0166. The summed E-state index contributed by atoms with van der Waals surface area (Å²) in [6.45, 7) is 8.79. The molecule has 0 spiro atoms. The Morgan fingerprint density at radius 3 is 2.82 bits per heavy atom. The van der Waals surface area contributed by atoms with Crippen molar-refractivity contribution in [2.24, 2.45) is 0 Å². The number of halogens is 1. The van der Waals surface area contributed by atoms with Gasteiger partial charge in [0, 0.05) is 10.1 Å². The number of carbonyl (C=O) groups is 1. The number of ether oxygens (including phenoxy) is 2. The number of rotatable bonds is 3. The van der Waals surface area contributed by atoms with Gasteiger partial charge in [-0.15, -0.1) is 0 Å². The van der Waals surface area contributed by atoms with Gasteiger partial charge in [0.15, 0.2) is 0 Å². The van der Waals surface area contributed by atoms with Gasteiger partial charge >= 0.3 is 6.09 Å². The van der Waals surface area contributed by atoms with E-state index in [2.05, 4.69) is 28.7 Å². The third kappa shape index (κ3) is 4.76. The Hall–Kier alpha value is -0.980. The van der Waals surface area contributed by atoms with Gasteiger partial charge in [-0.25, -0.2) is 4.79 Å². The Morgan fingerprint density at radius 1 is 1.45 bits per heavy atom. The molecule has 1 heterocycles. The Bertz CT molecular complexity index is 539. The summed E-state index contributed by atoms with van der Waals surface area (Å²) in [6, 6.07) is 6.23. The number of benzene rings is 1. The second-order valence-electron chi connectivity index (χ2n) is 6.55. The number of likely N-dealkylation sites (N-methyl/N-ethyl adjacent to an activating group) is 1. The van der Waals surface area contributed by atoms with E-state index in [9.17, 15) is 4.79 Å². The van der Waals surface area contributed by atoms with E-state index in [4.69, 9.17) is 9.47 Å². The highest BCUT2D eigenvalue weighted by molar-refractivity contribution is 14.1. The predicted octanol–water partition coefficient (Wildman–Crippen LogP) is 4.24. The molecular formula is C17H24INO3. The minimum Gasteiger partial charge on any atom is -0.488 e. The van der Waals surface area contributed by atoms with Crippen LogP contribution in [0.2, 0.25) is 0 Å². The van der Waals surface area contributed by atoms with Gasteiger partial charge in [0.05, 0.1) is 6.54 Å². The highest BCUT2D eigenvalue weighted by Crippen LogP contribution is 2.29. The summed E-state index contributed by atoms with van der Waals surface area (Å²) in [5.74, 6) is 0.942. The largest absolute Gasteiger partial charge is 0.488 e. The highest BCUT2D eigenvalue weighted by Gasteiger charge is 2.26. The number of fused-ring (bicyclic) bond motifs is 1. The fourth-order valence-corrected chi connectivity index (χ4v) is 3.00. The number of carbonyl (C=O) groups excluding carboxylic acids is 1. The van der Waals surface area contributed by atoms with Gasteiger partial charge in [0.1, 0.15) is 17.5 Å². The molecule has 5 heteroatoms. The lowest BCUT2D eigenvalue weighted by atomic mass is 10.0. The van der Waals surface area contributed by atoms with Gasteiger partial charge < -0.3 is 14.4 Å². The Balaban J connectivity index is 1.98. The van der Waals surface area contributed by atoms with Crippen LogP contribution >= 0.6 is 22.6 Å². The molecule has 0 fully saturated rings. The molecule has 1 aromatic rings. The van der Waals surface area contributed by atoms with Crippen LogP contribution < -0.4 is 4.74 Å². The first-order chi connectivity index (χ1) is 10.3. The molecule has 122 valence electrons. The molecule has 0 aliphatic carbocycles. The summed E-state index contributed by atoms with van der Waals surface area (Å²) in [6.07, 6.45) is 1.67. The van der Waals surface area contributed by atoms with Gasteiger partial charge in [-0.1, -0.05) is 0 Å². The molecule has 1 aromatic carbocycles. The molecule has 1 atom stereocenters. The minimum atomic E-state index is -0.471. The van der Waals surface area contributed by atoms with Crippen LogP contribution in [-0.2, 0) is 11.2 Å². The van der Waals surface area contributed by atoms with Crippen molar-refractivity contribution in [3.63, 3.8) is 0 Å². The quantitative estimate of drug-likeness (QED) is 0.691. The number of aryl methyl sites for hydroxylation is 1. The maximum absolute atomic E-state index is 12.2. The average molecular weight is 417 g/mol. The average Bonchev–Trinajstić information content (AvgIpc) is 2.42. The van der Waals surface area contributed by atoms with E-state index in [1.807, 2.05) is 39.8 Å². The molecule has 0 bridgehead atoms. The van der Waals surface area contributed by atoms with Crippen molar-refractivity contribution < 1.29 is 14.3 Å². The Labute approximate surface area is 146 Å². The van der Waals surface area contributed by atoms with E-state index in [-0.39, 0.29) is 12.2 Å². The second kappa shape index (κ2) is 7.06. The van der Waals surface area contributed by atoms with E-state index in [1.165, 1.54) is 9.13 Å². The highest BCUT2D eigenvalue weighted by atomic mass is 127. The van der Waals surface area contributed by atoms with E-state index in [0.29, 0.717) is 13.1 Å². The third-order valence-corrected chi connectivity index (χ3v) is 4.18. The van der Waals surface area contributed by atoms with E-state index in [1.54, 1.807) is 4.90 Å². The maximum Gasteiger partial charge on any atom is 0.410 e. The topological polar surface area (TPSA) is 38.8 Å². The van der Waals surface area contributed by atoms with Gasteiger partial charge in [0.25, 0.3) is 0 Å². The van der Waals surface area contributed by atoms with E-state index >= 15 is 0 Å². The summed E-state index contributed by atoms with van der Waals surface area (Å²) >= 11 is 2.31. The second-order valence-corrected chi connectivity index (χ2v) is 7.80. The zero-order valence-electron chi connectivity index (χ0n) is 13.7. The van der Waals surface area contributed by atoms with Crippen LogP contribution in [0.25, 0.3) is 0 Å². The summed E-state index contributed by atoms with van der Waals surface area (Å²) in [4.78, 5) is 13.9. The van der Waals surface area contributed by atoms with E-state index < -0.39 is 5.60 Å². The lowest BCUT2D eigenvalue weighted by Gasteiger charge is -2.32. The molecule has 0 saturated heterocycles. The van der Waals surface area contributed by atoms with Crippen molar-refractivity contribution >= 4 is 28.7 Å². The molecular weight excluding hydrogens is 393 g/mol. The van der Waals surface area contributed by atoms with Gasteiger partial charge in [-0.05, 0) is 86.9 Å². The minimum absolute atomic E-state index is 0.0278. The first-order valence-corrected chi connectivity index (χ1v) is 8.79. The normalized spacial score (nSPS) is 17.4. The van der Waals surface area contributed by atoms with Crippen molar-refractivity contribution in [1.82, 2.24) is 4.90 Å². The molecule has 1 aliphatic heterocycles. The zero-order valence-corrected chi connectivity index (χ0v) is 15.8. The summed E-state index contributed by atoms with van der Waals surface area (Å²) < 4.78 is 12.7. The molecule has 0 saturated carbocycles. The third-order valence-electron chi connectivity index (χ3n) is 3.51. The van der Waals surface area contributed by atoms with E-state index in [0.717, 1.165) is 18.6 Å². The van der Waals surface area contributed by atoms with Crippen LogP contribution in [0, 0.1) is 3.57 Å². The number of nitrogens with zero attached hydrogens (tertiary/aromatic N) is 1. The summed E-state index contributed by atoms with van der Waals surface area (Å²) in [5.41, 5.74) is 0.782. The zero-order chi connectivity index (χ0) is 16.3. The molecule has 1 amide bonds. The van der Waals surface area contributed by atoms with Crippen LogP contribution in [0.1, 0.15) is 39.7 Å². The number of amides is 1. The molecule has 0 N–H and O–H groups in total. The van der Waals surface area contributed by atoms with Gasteiger partial charge in [0.2, 0.25) is 0 Å². The summed E-state index contributed by atoms with van der Waals surface area (Å²) in [5, 5.41) is 0. The van der Waals surface area contributed by atoms with Crippen LogP contribution in [-0.4, -0.2) is 35.8 Å². The van der Waals surface area contributed by atoms with Crippen molar-refractivity contribution in [3.05, 3.63) is 27.3 Å². The van der Waals surface area contributed by atoms with Crippen LogP contribution in [0.5, 0.6) is 5.75 Å².